The van der Waals surface area contributed by atoms with Crippen molar-refractivity contribution in [1.82, 2.24) is 30.0 Å². The molecule has 2 heterocycles. The quantitative estimate of drug-likeness (QED) is 0.243. The third-order valence-corrected chi connectivity index (χ3v) is 4.25. The zero-order valence-electron chi connectivity index (χ0n) is 16.3. The Labute approximate surface area is 177 Å². The van der Waals surface area contributed by atoms with Crippen LogP contribution in [0.4, 0.5) is 0 Å². The maximum Gasteiger partial charge on any atom is 0.250 e. The van der Waals surface area contributed by atoms with Crippen LogP contribution in [0.2, 0.25) is 0 Å². The van der Waals surface area contributed by atoms with E-state index in [9.17, 15) is 4.79 Å². The zero-order chi connectivity index (χ0) is 18.8. The Bertz CT molecular complexity index is 769. The first-order valence-corrected chi connectivity index (χ1v) is 9.13. The SMILES string of the molecule is CCc1nncn1CCNC(=NC)NCCCCn1c(C)cccc1=O.I. The number of hydrogen-bond donors (Lipinski definition) is 2. The van der Waals surface area contributed by atoms with E-state index in [1.54, 1.807) is 25.5 Å². The molecule has 150 valence electrons. The third kappa shape index (κ3) is 7.31. The van der Waals surface area contributed by atoms with Crippen LogP contribution in [0, 0.1) is 6.92 Å². The van der Waals surface area contributed by atoms with Crippen molar-refractivity contribution >= 4 is 29.9 Å². The maximum absolute atomic E-state index is 11.8. The standard InChI is InChI=1S/C18H29N7O.HI/c1-4-16-23-22-14-24(16)13-11-21-18(19-3)20-10-5-6-12-25-15(2)8-7-9-17(25)26;/h7-9,14H,4-6,10-13H2,1-3H3,(H2,19,20,21);1H. The molecule has 2 rings (SSSR count). The molecule has 2 aromatic rings. The van der Waals surface area contributed by atoms with Gasteiger partial charge in [0.2, 0.25) is 0 Å². The van der Waals surface area contributed by atoms with Gasteiger partial charge in [-0.3, -0.25) is 9.79 Å². The number of guanidine groups is 1. The highest BCUT2D eigenvalue weighted by Gasteiger charge is 2.03. The molecule has 0 radical (unpaired) electrons. The molecule has 27 heavy (non-hydrogen) atoms. The van der Waals surface area contributed by atoms with Gasteiger partial charge >= 0.3 is 0 Å². The zero-order valence-corrected chi connectivity index (χ0v) is 18.6. The van der Waals surface area contributed by atoms with Gasteiger partial charge < -0.3 is 19.8 Å². The predicted octanol–water partition coefficient (Wildman–Crippen LogP) is 1.57. The minimum Gasteiger partial charge on any atom is -0.356 e. The second-order valence-corrected chi connectivity index (χ2v) is 6.08. The van der Waals surface area contributed by atoms with E-state index >= 15 is 0 Å². The number of unbranched alkanes of at least 4 members (excludes halogenated alkanes) is 1. The molecule has 0 amide bonds. The number of aliphatic imine (C=N–C) groups is 1. The number of halogens is 1. The minimum absolute atomic E-state index is 0. The highest BCUT2D eigenvalue weighted by atomic mass is 127. The molecule has 0 fully saturated rings. The van der Waals surface area contributed by atoms with Crippen LogP contribution in [0.5, 0.6) is 0 Å². The van der Waals surface area contributed by atoms with E-state index in [0.717, 1.165) is 62.9 Å². The number of nitrogens with zero attached hydrogens (tertiary/aromatic N) is 5. The molecule has 0 aliphatic heterocycles. The van der Waals surface area contributed by atoms with Crippen molar-refractivity contribution in [1.29, 1.82) is 0 Å². The van der Waals surface area contributed by atoms with Crippen molar-refractivity contribution in [2.75, 3.05) is 20.1 Å². The highest BCUT2D eigenvalue weighted by Crippen LogP contribution is 1.98. The van der Waals surface area contributed by atoms with Crippen molar-refractivity contribution in [3.8, 4) is 0 Å². The van der Waals surface area contributed by atoms with Gasteiger partial charge in [-0.25, -0.2) is 0 Å². The molecule has 0 bridgehead atoms. The first-order chi connectivity index (χ1) is 12.7. The highest BCUT2D eigenvalue weighted by molar-refractivity contribution is 14.0. The first kappa shape index (κ1) is 23.1. The number of pyridine rings is 1. The fourth-order valence-electron chi connectivity index (χ4n) is 2.77. The number of aryl methyl sites for hydroxylation is 2. The molecule has 0 unspecified atom stereocenters. The maximum atomic E-state index is 11.8. The fraction of sp³-hybridized carbons (Fsp3) is 0.556. The lowest BCUT2D eigenvalue weighted by atomic mass is 10.3. The topological polar surface area (TPSA) is 89.1 Å². The summed E-state index contributed by atoms with van der Waals surface area (Å²) < 4.78 is 3.86. The van der Waals surface area contributed by atoms with Crippen LogP contribution in [-0.4, -0.2) is 45.4 Å². The van der Waals surface area contributed by atoms with E-state index in [4.69, 9.17) is 0 Å². The van der Waals surface area contributed by atoms with Gasteiger partial charge in [-0.15, -0.1) is 34.2 Å². The lowest BCUT2D eigenvalue weighted by molar-refractivity contribution is 0.573. The Morgan fingerprint density at radius 3 is 2.67 bits per heavy atom. The Hall–Kier alpha value is -1.91. The van der Waals surface area contributed by atoms with Crippen molar-refractivity contribution < 1.29 is 0 Å². The summed E-state index contributed by atoms with van der Waals surface area (Å²) >= 11 is 0. The largest absolute Gasteiger partial charge is 0.356 e. The number of aromatic nitrogens is 4. The summed E-state index contributed by atoms with van der Waals surface area (Å²) in [7, 11) is 1.76. The smallest absolute Gasteiger partial charge is 0.250 e. The Balaban J connectivity index is 0.00000364. The van der Waals surface area contributed by atoms with Crippen LogP contribution >= 0.6 is 24.0 Å². The van der Waals surface area contributed by atoms with E-state index in [2.05, 4.69) is 32.7 Å². The van der Waals surface area contributed by atoms with E-state index in [-0.39, 0.29) is 29.5 Å². The van der Waals surface area contributed by atoms with Gasteiger partial charge in [0.15, 0.2) is 5.96 Å². The summed E-state index contributed by atoms with van der Waals surface area (Å²) in [5, 5.41) is 14.6. The number of rotatable bonds is 9. The van der Waals surface area contributed by atoms with E-state index < -0.39 is 0 Å². The van der Waals surface area contributed by atoms with Crippen LogP contribution in [0.25, 0.3) is 0 Å². The Morgan fingerprint density at radius 2 is 1.96 bits per heavy atom. The monoisotopic (exact) mass is 487 g/mol. The van der Waals surface area contributed by atoms with Crippen LogP contribution in [0.3, 0.4) is 0 Å². The van der Waals surface area contributed by atoms with Gasteiger partial charge in [0.1, 0.15) is 12.2 Å². The van der Waals surface area contributed by atoms with Crippen molar-refractivity contribution in [2.24, 2.45) is 4.99 Å². The van der Waals surface area contributed by atoms with Crippen molar-refractivity contribution in [3.05, 3.63) is 46.4 Å². The molecule has 0 atom stereocenters. The van der Waals surface area contributed by atoms with E-state index in [0.29, 0.717) is 0 Å². The van der Waals surface area contributed by atoms with Crippen LogP contribution in [-0.2, 0) is 19.5 Å². The Morgan fingerprint density at radius 1 is 1.19 bits per heavy atom. The first-order valence-electron chi connectivity index (χ1n) is 9.13. The molecule has 8 nitrogen and oxygen atoms in total. The van der Waals surface area contributed by atoms with Crippen LogP contribution in [0.1, 0.15) is 31.3 Å². The normalized spacial score (nSPS) is 11.1. The van der Waals surface area contributed by atoms with Crippen LogP contribution in [0.15, 0.2) is 34.3 Å². The predicted molar refractivity (Wildman–Crippen MR) is 119 cm³/mol. The average molecular weight is 487 g/mol. The average Bonchev–Trinajstić information content (AvgIpc) is 3.09. The molecule has 0 aliphatic rings. The summed E-state index contributed by atoms with van der Waals surface area (Å²) in [6.07, 6.45) is 4.53. The third-order valence-electron chi connectivity index (χ3n) is 4.25. The molecular formula is C18H30IN7O. The second kappa shape index (κ2) is 12.5. The van der Waals surface area contributed by atoms with Crippen LogP contribution < -0.4 is 16.2 Å². The molecule has 0 aliphatic carbocycles. The minimum atomic E-state index is 0. The van der Waals surface area contributed by atoms with Gasteiger partial charge in [-0.1, -0.05) is 13.0 Å². The molecule has 2 aromatic heterocycles. The molecule has 0 saturated carbocycles. The lowest BCUT2D eigenvalue weighted by Crippen LogP contribution is -2.39. The molecule has 0 aromatic carbocycles. The summed E-state index contributed by atoms with van der Waals surface area (Å²) in [6.45, 7) is 7.14. The van der Waals surface area contributed by atoms with Gasteiger partial charge in [-0.2, -0.15) is 0 Å². The van der Waals surface area contributed by atoms with Crippen molar-refractivity contribution in [2.45, 2.75) is 46.2 Å². The van der Waals surface area contributed by atoms with Gasteiger partial charge in [-0.05, 0) is 25.8 Å². The number of hydrogen-bond acceptors (Lipinski definition) is 4. The molecule has 9 heteroatoms. The van der Waals surface area contributed by atoms with E-state index in [1.165, 1.54) is 0 Å². The van der Waals surface area contributed by atoms with Crippen molar-refractivity contribution in [3.63, 3.8) is 0 Å². The van der Waals surface area contributed by atoms with Gasteiger partial charge in [0.25, 0.3) is 5.56 Å². The fourth-order valence-corrected chi connectivity index (χ4v) is 2.77. The van der Waals surface area contributed by atoms with Gasteiger partial charge in [0.05, 0.1) is 0 Å². The lowest BCUT2D eigenvalue weighted by Gasteiger charge is -2.13. The molecule has 0 spiro atoms. The molecule has 0 saturated heterocycles. The summed E-state index contributed by atoms with van der Waals surface area (Å²) in [5.41, 5.74) is 1.07. The van der Waals surface area contributed by atoms with E-state index in [1.807, 2.05) is 22.1 Å². The summed E-state index contributed by atoms with van der Waals surface area (Å²) in [6, 6.07) is 5.37. The van der Waals surface area contributed by atoms with Gasteiger partial charge in [0, 0.05) is 51.4 Å². The Kier molecular flexibility index (Phi) is 10.7. The number of nitrogens with one attached hydrogen (secondary N) is 2. The molecular weight excluding hydrogens is 457 g/mol. The summed E-state index contributed by atoms with van der Waals surface area (Å²) in [4.78, 5) is 16.1. The second-order valence-electron chi connectivity index (χ2n) is 6.08. The summed E-state index contributed by atoms with van der Waals surface area (Å²) in [5.74, 6) is 1.77. The molecule has 2 N–H and O–H groups in total.